The standard InChI is InChI=1S/C14H21NO/c1-11-8-9-13-12(5-2-3-10-15)6-4-7-14(13)16-11/h4,6-7,11H,2-3,5,8-10,15H2,1H3. The highest BCUT2D eigenvalue weighted by atomic mass is 16.5. The number of hydrogen-bond acceptors (Lipinski definition) is 2. The van der Waals surface area contributed by atoms with Crippen LogP contribution < -0.4 is 10.5 Å². The summed E-state index contributed by atoms with van der Waals surface area (Å²) in [4.78, 5) is 0. The molecule has 1 heterocycles. The van der Waals surface area contributed by atoms with Crippen molar-refractivity contribution in [3.63, 3.8) is 0 Å². The molecule has 0 saturated carbocycles. The Morgan fingerprint density at radius 3 is 3.06 bits per heavy atom. The molecule has 2 nitrogen and oxygen atoms in total. The molecule has 2 N–H and O–H groups in total. The lowest BCUT2D eigenvalue weighted by Crippen LogP contribution is -2.19. The van der Waals surface area contributed by atoms with E-state index in [1.807, 2.05) is 0 Å². The second-order valence-electron chi connectivity index (χ2n) is 4.61. The van der Waals surface area contributed by atoms with E-state index in [1.54, 1.807) is 0 Å². The van der Waals surface area contributed by atoms with Crippen LogP contribution in [0.25, 0.3) is 0 Å². The van der Waals surface area contributed by atoms with Gasteiger partial charge in [0.25, 0.3) is 0 Å². The minimum atomic E-state index is 0.367. The smallest absolute Gasteiger partial charge is 0.123 e. The maximum absolute atomic E-state index is 5.85. The lowest BCUT2D eigenvalue weighted by molar-refractivity contribution is 0.192. The van der Waals surface area contributed by atoms with Crippen molar-refractivity contribution in [3.05, 3.63) is 29.3 Å². The number of aryl methyl sites for hydroxylation is 1. The summed E-state index contributed by atoms with van der Waals surface area (Å²) >= 11 is 0. The number of rotatable bonds is 4. The number of benzene rings is 1. The molecule has 1 unspecified atom stereocenters. The molecule has 0 bridgehead atoms. The molecule has 0 aliphatic carbocycles. The Bertz CT molecular complexity index is 349. The number of ether oxygens (including phenoxy) is 1. The third-order valence-electron chi connectivity index (χ3n) is 3.26. The van der Waals surface area contributed by atoms with Gasteiger partial charge in [-0.1, -0.05) is 12.1 Å². The summed E-state index contributed by atoms with van der Waals surface area (Å²) in [6, 6.07) is 6.43. The highest BCUT2D eigenvalue weighted by molar-refractivity contribution is 5.41. The zero-order valence-electron chi connectivity index (χ0n) is 10.0. The van der Waals surface area contributed by atoms with Crippen LogP contribution in [-0.2, 0) is 12.8 Å². The van der Waals surface area contributed by atoms with E-state index in [-0.39, 0.29) is 0 Å². The fraction of sp³-hybridized carbons (Fsp3) is 0.571. The summed E-state index contributed by atoms with van der Waals surface area (Å²) < 4.78 is 5.85. The zero-order chi connectivity index (χ0) is 11.4. The molecule has 2 rings (SSSR count). The second-order valence-corrected chi connectivity index (χ2v) is 4.61. The summed E-state index contributed by atoms with van der Waals surface area (Å²) in [5.74, 6) is 1.10. The number of hydrogen-bond donors (Lipinski definition) is 1. The Hall–Kier alpha value is -1.02. The maximum atomic E-state index is 5.85. The van der Waals surface area contributed by atoms with Gasteiger partial charge in [0.15, 0.2) is 0 Å². The molecule has 0 amide bonds. The van der Waals surface area contributed by atoms with E-state index >= 15 is 0 Å². The van der Waals surface area contributed by atoms with Crippen molar-refractivity contribution in [2.45, 2.75) is 45.1 Å². The van der Waals surface area contributed by atoms with Crippen LogP contribution in [0.5, 0.6) is 5.75 Å². The third kappa shape index (κ3) is 2.56. The molecule has 0 saturated heterocycles. The lowest BCUT2D eigenvalue weighted by atomic mass is 9.94. The molecule has 1 aliphatic heterocycles. The Morgan fingerprint density at radius 1 is 1.38 bits per heavy atom. The number of nitrogens with two attached hydrogens (primary N) is 1. The zero-order valence-corrected chi connectivity index (χ0v) is 10.0. The first-order chi connectivity index (χ1) is 7.81. The van der Waals surface area contributed by atoms with Gasteiger partial charge in [-0.05, 0) is 62.8 Å². The molecule has 1 aliphatic rings. The van der Waals surface area contributed by atoms with Crippen LogP contribution in [0.1, 0.15) is 37.3 Å². The van der Waals surface area contributed by atoms with Crippen LogP contribution >= 0.6 is 0 Å². The fourth-order valence-electron chi connectivity index (χ4n) is 2.32. The molecule has 0 radical (unpaired) electrons. The summed E-state index contributed by atoms with van der Waals surface area (Å²) in [7, 11) is 0. The van der Waals surface area contributed by atoms with E-state index < -0.39 is 0 Å². The largest absolute Gasteiger partial charge is 0.490 e. The summed E-state index contributed by atoms with van der Waals surface area (Å²) in [6.45, 7) is 2.94. The van der Waals surface area contributed by atoms with Crippen LogP contribution in [0.2, 0.25) is 0 Å². The molecular formula is C14H21NO. The predicted octanol–water partition coefficient (Wildman–Crippen LogP) is 2.68. The Kier molecular flexibility index (Phi) is 3.83. The summed E-state index contributed by atoms with van der Waals surface area (Å²) in [5.41, 5.74) is 8.41. The van der Waals surface area contributed by atoms with Gasteiger partial charge in [-0.25, -0.2) is 0 Å². The molecule has 16 heavy (non-hydrogen) atoms. The molecule has 0 spiro atoms. The van der Waals surface area contributed by atoms with Gasteiger partial charge >= 0.3 is 0 Å². The van der Waals surface area contributed by atoms with E-state index in [9.17, 15) is 0 Å². The molecule has 1 aromatic rings. The molecule has 88 valence electrons. The van der Waals surface area contributed by atoms with E-state index in [0.717, 1.165) is 38.0 Å². The highest BCUT2D eigenvalue weighted by Crippen LogP contribution is 2.30. The average molecular weight is 219 g/mol. The Balaban J connectivity index is 2.10. The van der Waals surface area contributed by atoms with Gasteiger partial charge in [-0.3, -0.25) is 0 Å². The number of fused-ring (bicyclic) bond motifs is 1. The lowest BCUT2D eigenvalue weighted by Gasteiger charge is -2.25. The van der Waals surface area contributed by atoms with Crippen molar-refractivity contribution >= 4 is 0 Å². The highest BCUT2D eigenvalue weighted by Gasteiger charge is 2.17. The molecule has 0 fully saturated rings. The maximum Gasteiger partial charge on any atom is 0.123 e. The van der Waals surface area contributed by atoms with Crippen LogP contribution in [0, 0.1) is 0 Å². The molecule has 1 aromatic carbocycles. The molecule has 1 atom stereocenters. The summed E-state index contributed by atoms with van der Waals surface area (Å²) in [6.07, 6.45) is 6.10. The molecular weight excluding hydrogens is 198 g/mol. The fourth-order valence-corrected chi connectivity index (χ4v) is 2.32. The monoisotopic (exact) mass is 219 g/mol. The number of unbranched alkanes of at least 4 members (excludes halogenated alkanes) is 1. The first-order valence-corrected chi connectivity index (χ1v) is 6.28. The topological polar surface area (TPSA) is 35.2 Å². The van der Waals surface area contributed by atoms with Crippen molar-refractivity contribution in [2.24, 2.45) is 5.73 Å². The normalized spacial score (nSPS) is 19.0. The molecule has 0 aromatic heterocycles. The average Bonchev–Trinajstić information content (AvgIpc) is 2.29. The second kappa shape index (κ2) is 5.35. The van der Waals surface area contributed by atoms with Crippen LogP contribution in [0.4, 0.5) is 0 Å². The quantitative estimate of drug-likeness (QED) is 0.790. The van der Waals surface area contributed by atoms with Gasteiger partial charge in [0.05, 0.1) is 6.10 Å². The first-order valence-electron chi connectivity index (χ1n) is 6.28. The van der Waals surface area contributed by atoms with Crippen LogP contribution in [0.3, 0.4) is 0 Å². The summed E-state index contributed by atoms with van der Waals surface area (Å²) in [5, 5.41) is 0. The molecule has 2 heteroatoms. The van der Waals surface area contributed by atoms with Crippen LogP contribution in [0.15, 0.2) is 18.2 Å². The van der Waals surface area contributed by atoms with Gasteiger partial charge in [0.1, 0.15) is 5.75 Å². The third-order valence-corrected chi connectivity index (χ3v) is 3.26. The van der Waals surface area contributed by atoms with Gasteiger partial charge in [-0.2, -0.15) is 0 Å². The van der Waals surface area contributed by atoms with Gasteiger partial charge in [-0.15, -0.1) is 0 Å². The predicted molar refractivity (Wildman–Crippen MR) is 66.8 cm³/mol. The van der Waals surface area contributed by atoms with Gasteiger partial charge in [0, 0.05) is 0 Å². The van der Waals surface area contributed by atoms with Crippen molar-refractivity contribution in [1.29, 1.82) is 0 Å². The SMILES string of the molecule is CC1CCc2c(CCCCN)cccc2O1. The Labute approximate surface area is 97.8 Å². The van der Waals surface area contributed by atoms with Gasteiger partial charge in [0.2, 0.25) is 0 Å². The minimum absolute atomic E-state index is 0.367. The van der Waals surface area contributed by atoms with E-state index in [4.69, 9.17) is 10.5 Å². The van der Waals surface area contributed by atoms with Crippen molar-refractivity contribution in [2.75, 3.05) is 6.54 Å². The Morgan fingerprint density at radius 2 is 2.25 bits per heavy atom. The van der Waals surface area contributed by atoms with Gasteiger partial charge < -0.3 is 10.5 Å². The minimum Gasteiger partial charge on any atom is -0.490 e. The van der Waals surface area contributed by atoms with E-state index in [1.165, 1.54) is 17.5 Å². The van der Waals surface area contributed by atoms with Crippen molar-refractivity contribution in [3.8, 4) is 5.75 Å². The van der Waals surface area contributed by atoms with E-state index in [2.05, 4.69) is 25.1 Å². The van der Waals surface area contributed by atoms with Crippen molar-refractivity contribution < 1.29 is 4.74 Å². The first kappa shape index (κ1) is 11.5. The van der Waals surface area contributed by atoms with Crippen molar-refractivity contribution in [1.82, 2.24) is 0 Å². The van der Waals surface area contributed by atoms with E-state index in [0.29, 0.717) is 6.10 Å². The van der Waals surface area contributed by atoms with Crippen LogP contribution in [-0.4, -0.2) is 12.6 Å².